The van der Waals surface area contributed by atoms with Gasteiger partial charge in [0, 0.05) is 18.8 Å². The minimum Gasteiger partial charge on any atom is -0.506 e. The molecule has 1 aromatic rings. The number of phenolic OH excluding ortho intramolecular Hbond substituents is 1. The van der Waals surface area contributed by atoms with Crippen LogP contribution in [0.1, 0.15) is 0 Å². The molecule has 54 valence electrons. The summed E-state index contributed by atoms with van der Waals surface area (Å²) in [5.74, 6) is 0.105. The van der Waals surface area contributed by atoms with Crippen molar-refractivity contribution in [3.63, 3.8) is 0 Å². The molecular formula is C7H8ClNO. The molecule has 1 aromatic carbocycles. The van der Waals surface area contributed by atoms with Crippen molar-refractivity contribution in [2.45, 2.75) is 0 Å². The van der Waals surface area contributed by atoms with Crippen LogP contribution in [-0.2, 0) is 0 Å². The highest BCUT2D eigenvalue weighted by Gasteiger charge is 1.96. The Bertz CT molecular complexity index is 237. The van der Waals surface area contributed by atoms with Crippen LogP contribution in [0.15, 0.2) is 18.2 Å². The lowest BCUT2D eigenvalue weighted by Gasteiger charge is -2.00. The molecule has 0 atom stereocenters. The van der Waals surface area contributed by atoms with E-state index in [1.54, 1.807) is 25.2 Å². The Morgan fingerprint density at radius 2 is 2.20 bits per heavy atom. The Morgan fingerprint density at radius 3 is 2.70 bits per heavy atom. The summed E-state index contributed by atoms with van der Waals surface area (Å²) in [4.78, 5) is 0. The van der Waals surface area contributed by atoms with Gasteiger partial charge in [0.25, 0.3) is 0 Å². The first-order valence-corrected chi connectivity index (χ1v) is 3.28. The second-order valence-electron chi connectivity index (χ2n) is 1.92. The van der Waals surface area contributed by atoms with E-state index in [4.69, 9.17) is 16.7 Å². The molecule has 0 aliphatic heterocycles. The third kappa shape index (κ3) is 1.33. The van der Waals surface area contributed by atoms with Crippen molar-refractivity contribution in [3.05, 3.63) is 23.2 Å². The van der Waals surface area contributed by atoms with E-state index in [2.05, 4.69) is 5.32 Å². The van der Waals surface area contributed by atoms with E-state index in [1.807, 2.05) is 0 Å². The zero-order valence-corrected chi connectivity index (χ0v) is 6.31. The fourth-order valence-corrected chi connectivity index (χ4v) is 0.786. The summed E-state index contributed by atoms with van der Waals surface area (Å²) in [6, 6.07) is 5.01. The van der Waals surface area contributed by atoms with E-state index in [9.17, 15) is 0 Å². The lowest BCUT2D eigenvalue weighted by Crippen LogP contribution is -1.85. The van der Waals surface area contributed by atoms with Crippen LogP contribution in [0, 0.1) is 0 Å². The normalized spacial score (nSPS) is 9.40. The first kappa shape index (κ1) is 7.22. The quantitative estimate of drug-likeness (QED) is 0.654. The molecule has 0 spiro atoms. The number of halogens is 1. The van der Waals surface area contributed by atoms with Crippen LogP contribution in [0.5, 0.6) is 5.75 Å². The standard InChI is InChI=1S/C7H8ClNO/c1-9-5-2-3-6(8)7(10)4-5/h2-4,9-10H,1H3. The molecule has 0 heterocycles. The number of hydrogen-bond donors (Lipinski definition) is 2. The molecule has 2 nitrogen and oxygen atoms in total. The number of hydrogen-bond acceptors (Lipinski definition) is 2. The Hall–Kier alpha value is -0.890. The lowest BCUT2D eigenvalue weighted by atomic mass is 10.3. The molecule has 0 unspecified atom stereocenters. The Morgan fingerprint density at radius 1 is 1.50 bits per heavy atom. The third-order valence-corrected chi connectivity index (χ3v) is 1.55. The molecule has 0 saturated carbocycles. The van der Waals surface area contributed by atoms with E-state index < -0.39 is 0 Å². The average Bonchev–Trinajstić information content (AvgIpc) is 1.95. The predicted octanol–water partition coefficient (Wildman–Crippen LogP) is 2.09. The molecule has 0 aromatic heterocycles. The van der Waals surface area contributed by atoms with Crippen molar-refractivity contribution in [1.82, 2.24) is 0 Å². The Balaban J connectivity index is 3.04. The summed E-state index contributed by atoms with van der Waals surface area (Å²) in [6.45, 7) is 0. The smallest absolute Gasteiger partial charge is 0.136 e. The van der Waals surface area contributed by atoms with Crippen LogP contribution >= 0.6 is 11.6 Å². The fourth-order valence-electron chi connectivity index (χ4n) is 0.668. The van der Waals surface area contributed by atoms with E-state index in [0.29, 0.717) is 5.02 Å². The van der Waals surface area contributed by atoms with Crippen LogP contribution in [0.25, 0.3) is 0 Å². The van der Waals surface area contributed by atoms with Gasteiger partial charge in [-0.3, -0.25) is 0 Å². The number of nitrogens with one attached hydrogen (secondary N) is 1. The highest BCUT2D eigenvalue weighted by Crippen LogP contribution is 2.25. The SMILES string of the molecule is CNc1ccc(Cl)c(O)c1. The largest absolute Gasteiger partial charge is 0.506 e. The van der Waals surface area contributed by atoms with E-state index in [-0.39, 0.29) is 5.75 Å². The van der Waals surface area contributed by atoms with Gasteiger partial charge in [-0.25, -0.2) is 0 Å². The van der Waals surface area contributed by atoms with Crippen LogP contribution in [-0.4, -0.2) is 12.2 Å². The van der Waals surface area contributed by atoms with Crippen LogP contribution in [0.4, 0.5) is 5.69 Å². The number of phenols is 1. The van der Waals surface area contributed by atoms with Crippen molar-refractivity contribution >= 4 is 17.3 Å². The van der Waals surface area contributed by atoms with Gasteiger partial charge in [-0.15, -0.1) is 0 Å². The number of rotatable bonds is 1. The van der Waals surface area contributed by atoms with Crippen LogP contribution in [0.3, 0.4) is 0 Å². The first-order valence-electron chi connectivity index (χ1n) is 2.90. The molecule has 10 heavy (non-hydrogen) atoms. The summed E-state index contributed by atoms with van der Waals surface area (Å²) >= 11 is 5.56. The molecule has 0 bridgehead atoms. The minimum absolute atomic E-state index is 0.105. The molecule has 0 radical (unpaired) electrons. The summed E-state index contributed by atoms with van der Waals surface area (Å²) < 4.78 is 0. The van der Waals surface area contributed by atoms with Gasteiger partial charge in [0.1, 0.15) is 5.75 Å². The minimum atomic E-state index is 0.105. The zero-order valence-electron chi connectivity index (χ0n) is 5.56. The second kappa shape index (κ2) is 2.80. The summed E-state index contributed by atoms with van der Waals surface area (Å²) in [5.41, 5.74) is 0.849. The number of benzene rings is 1. The molecular weight excluding hydrogens is 150 g/mol. The monoisotopic (exact) mass is 157 g/mol. The van der Waals surface area contributed by atoms with Gasteiger partial charge in [0.15, 0.2) is 0 Å². The van der Waals surface area contributed by atoms with Crippen molar-refractivity contribution in [2.75, 3.05) is 12.4 Å². The van der Waals surface area contributed by atoms with Gasteiger partial charge in [-0.1, -0.05) is 11.6 Å². The molecule has 0 fully saturated rings. The van der Waals surface area contributed by atoms with Crippen molar-refractivity contribution < 1.29 is 5.11 Å². The van der Waals surface area contributed by atoms with Crippen LogP contribution < -0.4 is 5.32 Å². The zero-order chi connectivity index (χ0) is 7.56. The lowest BCUT2D eigenvalue weighted by molar-refractivity contribution is 0.476. The van der Waals surface area contributed by atoms with Crippen molar-refractivity contribution in [3.8, 4) is 5.75 Å². The van der Waals surface area contributed by atoms with Gasteiger partial charge >= 0.3 is 0 Å². The Labute approximate surface area is 64.4 Å². The number of aromatic hydroxyl groups is 1. The first-order chi connectivity index (χ1) is 4.74. The summed E-state index contributed by atoms with van der Waals surface area (Å²) in [7, 11) is 1.78. The summed E-state index contributed by atoms with van der Waals surface area (Å²) in [5, 5.41) is 12.3. The maximum Gasteiger partial charge on any atom is 0.136 e. The maximum atomic E-state index is 9.06. The molecule has 0 saturated heterocycles. The summed E-state index contributed by atoms with van der Waals surface area (Å²) in [6.07, 6.45) is 0. The molecule has 1 rings (SSSR count). The third-order valence-electron chi connectivity index (χ3n) is 1.23. The fraction of sp³-hybridized carbons (Fsp3) is 0.143. The van der Waals surface area contributed by atoms with Gasteiger partial charge in [-0.2, -0.15) is 0 Å². The molecule has 0 amide bonds. The molecule has 0 aliphatic rings. The van der Waals surface area contributed by atoms with Gasteiger partial charge in [0.05, 0.1) is 5.02 Å². The maximum absolute atomic E-state index is 9.06. The van der Waals surface area contributed by atoms with Crippen molar-refractivity contribution in [2.24, 2.45) is 0 Å². The van der Waals surface area contributed by atoms with E-state index in [1.165, 1.54) is 0 Å². The highest BCUT2D eigenvalue weighted by molar-refractivity contribution is 6.32. The molecule has 3 heteroatoms. The average molecular weight is 158 g/mol. The van der Waals surface area contributed by atoms with E-state index >= 15 is 0 Å². The van der Waals surface area contributed by atoms with E-state index in [0.717, 1.165) is 5.69 Å². The predicted molar refractivity (Wildman–Crippen MR) is 42.7 cm³/mol. The molecule has 2 N–H and O–H groups in total. The van der Waals surface area contributed by atoms with Gasteiger partial charge in [0.2, 0.25) is 0 Å². The van der Waals surface area contributed by atoms with Gasteiger partial charge in [-0.05, 0) is 12.1 Å². The highest BCUT2D eigenvalue weighted by atomic mass is 35.5. The molecule has 0 aliphatic carbocycles. The second-order valence-corrected chi connectivity index (χ2v) is 2.32. The number of anilines is 1. The van der Waals surface area contributed by atoms with Crippen molar-refractivity contribution in [1.29, 1.82) is 0 Å². The topological polar surface area (TPSA) is 32.3 Å². The Kier molecular flexibility index (Phi) is 2.02. The van der Waals surface area contributed by atoms with Gasteiger partial charge < -0.3 is 10.4 Å². The van der Waals surface area contributed by atoms with Crippen LogP contribution in [0.2, 0.25) is 5.02 Å².